The zero-order valence-electron chi connectivity index (χ0n) is 9.82. The van der Waals surface area contributed by atoms with Crippen molar-refractivity contribution in [1.29, 1.82) is 0 Å². The van der Waals surface area contributed by atoms with Gasteiger partial charge in [0, 0.05) is 5.02 Å². The number of carbonyl (C=O) groups excluding carboxylic acids is 1. The average Bonchev–Trinajstić information content (AvgIpc) is 2.34. The van der Waals surface area contributed by atoms with Gasteiger partial charge in [-0.2, -0.15) is 0 Å². The molecule has 0 bridgehead atoms. The number of hydrogen-bond acceptors (Lipinski definition) is 4. The Morgan fingerprint density at radius 1 is 1.12 bits per heavy atom. The smallest absolute Gasteiger partial charge is 0.345 e. The quantitative estimate of drug-likeness (QED) is 0.472. The molecule has 0 spiro atoms. The molecule has 4 nitrogen and oxygen atoms in total. The molecule has 1 aromatic rings. The van der Waals surface area contributed by atoms with Crippen LogP contribution in [-0.4, -0.2) is 27.3 Å². The van der Waals surface area contributed by atoms with Crippen molar-refractivity contribution in [1.82, 2.24) is 0 Å². The van der Waals surface area contributed by atoms with Gasteiger partial charge in [-0.1, -0.05) is 23.7 Å². The van der Waals surface area contributed by atoms with Crippen LogP contribution in [0.2, 0.25) is 5.02 Å². The van der Waals surface area contributed by atoms with E-state index >= 15 is 0 Å². The van der Waals surface area contributed by atoms with E-state index in [1.807, 2.05) is 0 Å². The molecule has 0 saturated carbocycles. The van der Waals surface area contributed by atoms with Crippen LogP contribution >= 0.6 is 11.6 Å². The largest absolute Gasteiger partial charge is 0.468 e. The Labute approximate surface area is 105 Å². The van der Waals surface area contributed by atoms with Crippen molar-refractivity contribution in [2.75, 3.05) is 21.3 Å². The predicted octanol–water partition coefficient (Wildman–Crippen LogP) is 2.47. The molecule has 0 N–H and O–H groups in total. The van der Waals surface area contributed by atoms with Crippen LogP contribution < -0.4 is 0 Å². The highest BCUT2D eigenvalue weighted by atomic mass is 35.5. The topological polar surface area (TPSA) is 44.8 Å². The van der Waals surface area contributed by atoms with Crippen molar-refractivity contribution in [3.05, 3.63) is 40.8 Å². The van der Waals surface area contributed by atoms with Crippen molar-refractivity contribution in [3.63, 3.8) is 0 Å². The van der Waals surface area contributed by atoms with Crippen LogP contribution in [0.15, 0.2) is 30.2 Å². The Hall–Kier alpha value is -1.68. The molecule has 0 amide bonds. The van der Waals surface area contributed by atoms with Crippen molar-refractivity contribution in [3.8, 4) is 0 Å². The lowest BCUT2D eigenvalue weighted by atomic mass is 10.1. The number of carbonyl (C=O) groups is 1. The lowest BCUT2D eigenvalue weighted by Gasteiger charge is -2.11. The molecule has 0 fully saturated rings. The third-order valence-corrected chi connectivity index (χ3v) is 2.31. The van der Waals surface area contributed by atoms with E-state index in [1.54, 1.807) is 24.3 Å². The lowest BCUT2D eigenvalue weighted by molar-refractivity contribution is -0.134. The summed E-state index contributed by atoms with van der Waals surface area (Å²) in [5.74, 6) is -0.468. The zero-order valence-corrected chi connectivity index (χ0v) is 10.6. The lowest BCUT2D eigenvalue weighted by Crippen LogP contribution is -2.09. The van der Waals surface area contributed by atoms with E-state index in [2.05, 4.69) is 0 Å². The molecule has 0 heterocycles. The van der Waals surface area contributed by atoms with Crippen molar-refractivity contribution in [2.24, 2.45) is 0 Å². The van der Waals surface area contributed by atoms with E-state index < -0.39 is 5.97 Å². The molecule has 5 heteroatoms. The maximum absolute atomic E-state index is 11.7. The normalized spacial score (nSPS) is 9.41. The Bertz CT molecular complexity index is 434. The number of rotatable bonds is 4. The summed E-state index contributed by atoms with van der Waals surface area (Å²) in [6.45, 7) is 0. The molecule has 1 aromatic carbocycles. The van der Waals surface area contributed by atoms with Gasteiger partial charge in [0.1, 0.15) is 5.57 Å². The molecule has 17 heavy (non-hydrogen) atoms. The molecule has 0 aliphatic carbocycles. The van der Waals surface area contributed by atoms with Gasteiger partial charge in [0.15, 0.2) is 0 Å². The summed E-state index contributed by atoms with van der Waals surface area (Å²) in [4.78, 5) is 11.7. The van der Waals surface area contributed by atoms with E-state index in [1.165, 1.54) is 21.3 Å². The molecule has 1 rings (SSSR count). The summed E-state index contributed by atoms with van der Waals surface area (Å²) in [6, 6.07) is 6.78. The molecule has 92 valence electrons. The number of halogens is 1. The molecular weight excluding hydrogens is 244 g/mol. The van der Waals surface area contributed by atoms with Crippen LogP contribution in [0.25, 0.3) is 5.57 Å². The third kappa shape index (κ3) is 3.14. The number of hydrogen-bond donors (Lipinski definition) is 0. The Balaban J connectivity index is 3.34. The first-order valence-corrected chi connectivity index (χ1v) is 5.18. The van der Waals surface area contributed by atoms with Crippen LogP contribution in [0.5, 0.6) is 0 Å². The highest BCUT2D eigenvalue weighted by Gasteiger charge is 2.20. The molecule has 0 unspecified atom stereocenters. The van der Waals surface area contributed by atoms with Crippen LogP contribution in [0, 0.1) is 0 Å². The van der Waals surface area contributed by atoms with Gasteiger partial charge in [0.25, 0.3) is 5.95 Å². The van der Waals surface area contributed by atoms with Crippen LogP contribution in [-0.2, 0) is 19.0 Å². The second-order valence-corrected chi connectivity index (χ2v) is 3.51. The van der Waals surface area contributed by atoms with Crippen molar-refractivity contribution in [2.45, 2.75) is 0 Å². The fourth-order valence-electron chi connectivity index (χ4n) is 1.35. The van der Waals surface area contributed by atoms with Crippen molar-refractivity contribution >= 4 is 23.1 Å². The summed E-state index contributed by atoms with van der Waals surface area (Å²) in [5, 5.41) is 0.510. The standard InChI is InChI=1S/C12H13ClO4/c1-15-11(14)10(12(16-2)17-3)8-5-4-6-9(13)7-8/h4-7H,1-3H3. The van der Waals surface area contributed by atoms with Gasteiger partial charge < -0.3 is 14.2 Å². The second kappa shape index (κ2) is 6.15. The highest BCUT2D eigenvalue weighted by Crippen LogP contribution is 2.23. The third-order valence-electron chi connectivity index (χ3n) is 2.08. The molecular formula is C12H13ClO4. The van der Waals surface area contributed by atoms with Gasteiger partial charge >= 0.3 is 5.97 Å². The minimum atomic E-state index is -0.550. The van der Waals surface area contributed by atoms with E-state index in [0.717, 1.165) is 0 Å². The molecule has 0 saturated heterocycles. The number of esters is 1. The molecule has 0 radical (unpaired) electrons. The van der Waals surface area contributed by atoms with E-state index in [-0.39, 0.29) is 11.5 Å². The Morgan fingerprint density at radius 3 is 2.24 bits per heavy atom. The summed E-state index contributed by atoms with van der Waals surface area (Å²) in [7, 11) is 4.11. The highest BCUT2D eigenvalue weighted by molar-refractivity contribution is 6.31. The number of methoxy groups -OCH3 is 3. The maximum Gasteiger partial charge on any atom is 0.345 e. The zero-order chi connectivity index (χ0) is 12.8. The van der Waals surface area contributed by atoms with Gasteiger partial charge in [-0.05, 0) is 17.7 Å². The molecule has 0 aliphatic heterocycles. The molecule has 0 aliphatic rings. The van der Waals surface area contributed by atoms with Gasteiger partial charge in [0.2, 0.25) is 0 Å². The minimum Gasteiger partial charge on any atom is -0.468 e. The predicted molar refractivity (Wildman–Crippen MR) is 64.4 cm³/mol. The molecule has 0 atom stereocenters. The first-order chi connectivity index (χ1) is 8.13. The number of benzene rings is 1. The second-order valence-electron chi connectivity index (χ2n) is 3.07. The summed E-state index contributed by atoms with van der Waals surface area (Å²) in [5.41, 5.74) is 0.767. The van der Waals surface area contributed by atoms with Crippen LogP contribution in [0.4, 0.5) is 0 Å². The monoisotopic (exact) mass is 256 g/mol. The van der Waals surface area contributed by atoms with Gasteiger partial charge in [-0.15, -0.1) is 0 Å². The summed E-state index contributed by atoms with van der Waals surface area (Å²) < 4.78 is 14.7. The summed E-state index contributed by atoms with van der Waals surface area (Å²) in [6.07, 6.45) is 0. The van der Waals surface area contributed by atoms with Gasteiger partial charge in [-0.25, -0.2) is 4.79 Å². The summed E-state index contributed by atoms with van der Waals surface area (Å²) >= 11 is 5.87. The van der Waals surface area contributed by atoms with E-state index in [4.69, 9.17) is 25.8 Å². The van der Waals surface area contributed by atoms with E-state index in [9.17, 15) is 4.79 Å². The number of ether oxygens (including phenoxy) is 3. The Morgan fingerprint density at radius 2 is 1.76 bits per heavy atom. The maximum atomic E-state index is 11.7. The SMILES string of the molecule is COC(=O)C(=C(OC)OC)c1cccc(Cl)c1. The van der Waals surface area contributed by atoms with Crippen molar-refractivity contribution < 1.29 is 19.0 Å². The Kier molecular flexibility index (Phi) is 4.84. The van der Waals surface area contributed by atoms with Crippen LogP contribution in [0.1, 0.15) is 5.56 Å². The minimum absolute atomic E-state index is 0.0825. The first kappa shape index (κ1) is 13.4. The average molecular weight is 257 g/mol. The van der Waals surface area contributed by atoms with Gasteiger partial charge in [0.05, 0.1) is 21.3 Å². The molecule has 0 aromatic heterocycles. The van der Waals surface area contributed by atoms with Gasteiger partial charge in [-0.3, -0.25) is 0 Å². The fraction of sp³-hybridized carbons (Fsp3) is 0.250. The fourth-order valence-corrected chi connectivity index (χ4v) is 1.54. The van der Waals surface area contributed by atoms with Crippen LogP contribution in [0.3, 0.4) is 0 Å². The van der Waals surface area contributed by atoms with E-state index in [0.29, 0.717) is 10.6 Å². The first-order valence-electron chi connectivity index (χ1n) is 4.80.